The minimum absolute atomic E-state index is 0.147. The zero-order valence-corrected chi connectivity index (χ0v) is 12.8. The van der Waals surface area contributed by atoms with Crippen LogP contribution in [0.2, 0.25) is 0 Å². The number of aromatic nitrogens is 2. The van der Waals surface area contributed by atoms with Gasteiger partial charge in [-0.25, -0.2) is 13.1 Å². The average molecular weight is 309 g/mol. The van der Waals surface area contributed by atoms with Crippen molar-refractivity contribution in [3.8, 4) is 0 Å². The van der Waals surface area contributed by atoms with Crippen molar-refractivity contribution in [2.75, 3.05) is 6.61 Å². The van der Waals surface area contributed by atoms with Crippen molar-refractivity contribution in [1.29, 1.82) is 0 Å². The van der Waals surface area contributed by atoms with Crippen LogP contribution in [0, 0.1) is 13.8 Å². The van der Waals surface area contributed by atoms with Crippen LogP contribution in [0.5, 0.6) is 0 Å². The van der Waals surface area contributed by atoms with Gasteiger partial charge in [0.2, 0.25) is 10.0 Å². The molecule has 0 aliphatic rings. The summed E-state index contributed by atoms with van der Waals surface area (Å²) in [7, 11) is -3.71. The number of hydrogen-bond donors (Lipinski definition) is 3. The van der Waals surface area contributed by atoms with E-state index in [0.29, 0.717) is 17.8 Å². The summed E-state index contributed by atoms with van der Waals surface area (Å²) < 4.78 is 27.4. The molecule has 114 valence electrons. The first-order valence-corrected chi connectivity index (χ1v) is 8.11. The van der Waals surface area contributed by atoms with Gasteiger partial charge in [0, 0.05) is 6.04 Å². The van der Waals surface area contributed by atoms with E-state index < -0.39 is 16.1 Å². The van der Waals surface area contributed by atoms with E-state index in [2.05, 4.69) is 14.9 Å². The van der Waals surface area contributed by atoms with Crippen LogP contribution in [-0.4, -0.2) is 36.4 Å². The predicted molar refractivity (Wildman–Crippen MR) is 79.4 cm³/mol. The second-order valence-electron chi connectivity index (χ2n) is 4.95. The smallest absolute Gasteiger partial charge is 0.244 e. The number of aromatic amines is 1. The molecule has 1 heterocycles. The van der Waals surface area contributed by atoms with Crippen molar-refractivity contribution >= 4 is 10.0 Å². The van der Waals surface area contributed by atoms with Gasteiger partial charge in [0.05, 0.1) is 18.0 Å². The molecule has 1 unspecified atom stereocenters. The third kappa shape index (κ3) is 3.69. The highest BCUT2D eigenvalue weighted by Crippen LogP contribution is 2.17. The summed E-state index contributed by atoms with van der Waals surface area (Å²) in [5, 5.41) is 16.0. The van der Waals surface area contributed by atoms with Crippen LogP contribution in [0.4, 0.5) is 0 Å². The lowest BCUT2D eigenvalue weighted by Crippen LogP contribution is -2.39. The summed E-state index contributed by atoms with van der Waals surface area (Å²) >= 11 is 0. The quantitative estimate of drug-likeness (QED) is 0.739. The van der Waals surface area contributed by atoms with Crippen LogP contribution < -0.4 is 4.72 Å². The Labute approximate surface area is 124 Å². The number of aryl methyl sites for hydroxylation is 2. The van der Waals surface area contributed by atoms with Crippen LogP contribution in [0.3, 0.4) is 0 Å². The number of nitrogens with zero attached hydrogens (tertiary/aromatic N) is 1. The van der Waals surface area contributed by atoms with Crippen LogP contribution in [0.25, 0.3) is 0 Å². The molecule has 3 N–H and O–H groups in total. The molecule has 0 bridgehead atoms. The minimum Gasteiger partial charge on any atom is -0.395 e. The lowest BCUT2D eigenvalue weighted by molar-refractivity contribution is 0.256. The number of aliphatic hydroxyl groups is 1. The van der Waals surface area contributed by atoms with E-state index in [1.165, 1.54) is 0 Å². The van der Waals surface area contributed by atoms with Crippen molar-refractivity contribution in [3.05, 3.63) is 47.3 Å². The molecule has 0 saturated heterocycles. The van der Waals surface area contributed by atoms with Gasteiger partial charge in [-0.05, 0) is 25.8 Å². The minimum atomic E-state index is -3.71. The van der Waals surface area contributed by atoms with Crippen molar-refractivity contribution in [2.45, 2.75) is 31.2 Å². The average Bonchev–Trinajstić information content (AvgIpc) is 2.79. The Morgan fingerprint density at radius 2 is 1.95 bits per heavy atom. The highest BCUT2D eigenvalue weighted by atomic mass is 32.2. The molecule has 7 heteroatoms. The fourth-order valence-corrected chi connectivity index (χ4v) is 3.85. The van der Waals surface area contributed by atoms with Gasteiger partial charge < -0.3 is 5.11 Å². The topological polar surface area (TPSA) is 95.1 Å². The zero-order valence-electron chi connectivity index (χ0n) is 12.0. The van der Waals surface area contributed by atoms with E-state index in [-0.39, 0.29) is 11.5 Å². The summed E-state index contributed by atoms with van der Waals surface area (Å²) in [4.78, 5) is 0.147. The highest BCUT2D eigenvalue weighted by molar-refractivity contribution is 7.89. The summed E-state index contributed by atoms with van der Waals surface area (Å²) in [6, 6.07) is 8.85. The van der Waals surface area contributed by atoms with Crippen LogP contribution in [0.15, 0.2) is 35.2 Å². The van der Waals surface area contributed by atoms with Crippen LogP contribution >= 0.6 is 0 Å². The molecule has 21 heavy (non-hydrogen) atoms. The van der Waals surface area contributed by atoms with Crippen molar-refractivity contribution < 1.29 is 13.5 Å². The summed E-state index contributed by atoms with van der Waals surface area (Å²) in [5.74, 6) is 0. The second kappa shape index (κ2) is 6.38. The Bertz CT molecular complexity index is 676. The molecule has 1 aromatic carbocycles. The molecule has 0 radical (unpaired) electrons. The van der Waals surface area contributed by atoms with Gasteiger partial charge in [-0.1, -0.05) is 30.3 Å². The molecule has 1 aromatic heterocycles. The maximum Gasteiger partial charge on any atom is 0.244 e. The van der Waals surface area contributed by atoms with E-state index in [1.54, 1.807) is 13.8 Å². The fraction of sp³-hybridized carbons (Fsp3) is 0.357. The van der Waals surface area contributed by atoms with Gasteiger partial charge in [-0.15, -0.1) is 0 Å². The van der Waals surface area contributed by atoms with Gasteiger partial charge in [0.25, 0.3) is 0 Å². The lowest BCUT2D eigenvalue weighted by Gasteiger charge is -2.16. The number of benzene rings is 1. The molecule has 2 rings (SSSR count). The largest absolute Gasteiger partial charge is 0.395 e. The van der Waals surface area contributed by atoms with Gasteiger partial charge in [0.15, 0.2) is 0 Å². The van der Waals surface area contributed by atoms with E-state index >= 15 is 0 Å². The number of H-pyrrole nitrogens is 1. The molecule has 1 atom stereocenters. The first-order valence-electron chi connectivity index (χ1n) is 6.62. The van der Waals surface area contributed by atoms with Gasteiger partial charge in [-0.2, -0.15) is 5.10 Å². The Hall–Kier alpha value is -1.70. The van der Waals surface area contributed by atoms with Gasteiger partial charge in [-0.3, -0.25) is 5.10 Å². The van der Waals surface area contributed by atoms with E-state index in [0.717, 1.165) is 5.56 Å². The summed E-state index contributed by atoms with van der Waals surface area (Å²) in [5.41, 5.74) is 1.85. The summed E-state index contributed by atoms with van der Waals surface area (Å²) in [6.07, 6.45) is 0.423. The van der Waals surface area contributed by atoms with Crippen molar-refractivity contribution in [3.63, 3.8) is 0 Å². The predicted octanol–water partition coefficient (Wildman–Crippen LogP) is 0.908. The Kier molecular flexibility index (Phi) is 4.76. The SMILES string of the molecule is Cc1n[nH]c(C)c1S(=O)(=O)NC(CO)Cc1ccccc1. The number of rotatable bonds is 6. The first kappa shape index (κ1) is 15.7. The van der Waals surface area contributed by atoms with E-state index in [4.69, 9.17) is 0 Å². The molecule has 0 amide bonds. The van der Waals surface area contributed by atoms with Crippen LogP contribution in [0.1, 0.15) is 17.0 Å². The monoisotopic (exact) mass is 309 g/mol. The second-order valence-corrected chi connectivity index (χ2v) is 6.60. The van der Waals surface area contributed by atoms with Crippen molar-refractivity contribution in [2.24, 2.45) is 0 Å². The van der Waals surface area contributed by atoms with Gasteiger partial charge >= 0.3 is 0 Å². The van der Waals surface area contributed by atoms with Crippen molar-refractivity contribution in [1.82, 2.24) is 14.9 Å². The Morgan fingerprint density at radius 1 is 1.29 bits per heavy atom. The zero-order chi connectivity index (χ0) is 15.5. The molecule has 0 aliphatic heterocycles. The lowest BCUT2D eigenvalue weighted by atomic mass is 10.1. The van der Waals surface area contributed by atoms with E-state index in [1.807, 2.05) is 30.3 Å². The third-order valence-electron chi connectivity index (χ3n) is 3.20. The normalized spacial score (nSPS) is 13.3. The molecule has 0 fully saturated rings. The summed E-state index contributed by atoms with van der Waals surface area (Å²) in [6.45, 7) is 3.01. The van der Waals surface area contributed by atoms with E-state index in [9.17, 15) is 13.5 Å². The number of nitrogens with one attached hydrogen (secondary N) is 2. The molecule has 2 aromatic rings. The molecule has 0 aliphatic carbocycles. The number of aliphatic hydroxyl groups excluding tert-OH is 1. The molecule has 6 nitrogen and oxygen atoms in total. The highest BCUT2D eigenvalue weighted by Gasteiger charge is 2.25. The first-order chi connectivity index (χ1) is 9.94. The molecular weight excluding hydrogens is 290 g/mol. The molecule has 0 saturated carbocycles. The fourth-order valence-electron chi connectivity index (χ4n) is 2.26. The van der Waals surface area contributed by atoms with Crippen LogP contribution in [-0.2, 0) is 16.4 Å². The number of hydrogen-bond acceptors (Lipinski definition) is 4. The Morgan fingerprint density at radius 3 is 2.48 bits per heavy atom. The molecular formula is C14H19N3O3S. The van der Waals surface area contributed by atoms with Gasteiger partial charge in [0.1, 0.15) is 4.90 Å². The third-order valence-corrected chi connectivity index (χ3v) is 4.98. The number of sulfonamides is 1. The molecule has 0 spiro atoms. The Balaban J connectivity index is 2.18. The standard InChI is InChI=1S/C14H19N3O3S/c1-10-14(11(2)16-15-10)21(19,20)17-13(9-18)8-12-6-4-3-5-7-12/h3-7,13,17-18H,8-9H2,1-2H3,(H,15,16). The maximum absolute atomic E-state index is 12.4. The maximum atomic E-state index is 12.4.